The zero-order valence-corrected chi connectivity index (χ0v) is 25.8. The third-order valence-corrected chi connectivity index (χ3v) is 7.58. The van der Waals surface area contributed by atoms with Crippen LogP contribution in [0, 0.1) is 6.92 Å². The second-order valence-corrected chi connectivity index (χ2v) is 12.3. The highest BCUT2D eigenvalue weighted by molar-refractivity contribution is 7.80. The lowest BCUT2D eigenvalue weighted by molar-refractivity contribution is -0.447. The number of aryl methyl sites for hydroxylation is 1. The number of hydrogen-bond acceptors (Lipinski definition) is 5. The van der Waals surface area contributed by atoms with Gasteiger partial charge in [0.1, 0.15) is 11.6 Å². The predicted octanol–water partition coefficient (Wildman–Crippen LogP) is 7.62. The van der Waals surface area contributed by atoms with Crippen LogP contribution in [0.1, 0.15) is 63.3 Å². The molecule has 2 atom stereocenters. The van der Waals surface area contributed by atoms with E-state index in [-0.39, 0.29) is 17.8 Å². The molecule has 1 aliphatic rings. The molecule has 0 saturated heterocycles. The van der Waals surface area contributed by atoms with Crippen LogP contribution in [-0.4, -0.2) is 33.3 Å². The Morgan fingerprint density at radius 2 is 1.80 bits per heavy atom. The highest BCUT2D eigenvalue weighted by Gasteiger charge is 2.31. The Hall–Kier alpha value is -3.49. The van der Waals surface area contributed by atoms with E-state index in [2.05, 4.69) is 27.4 Å². The van der Waals surface area contributed by atoms with Gasteiger partial charge in [-0.05, 0) is 63.6 Å². The number of nitrogens with zero attached hydrogens (tertiary/aromatic N) is 1. The molecule has 9 heteroatoms. The minimum absolute atomic E-state index is 0.151. The molecule has 0 aliphatic carbocycles. The summed E-state index contributed by atoms with van der Waals surface area (Å²) >= 11 is 11.3. The fraction of sp³-hybridized carbons (Fsp3) is 0.344. The van der Waals surface area contributed by atoms with Gasteiger partial charge in [0.15, 0.2) is 5.71 Å². The Kier molecular flexibility index (Phi) is 9.66. The van der Waals surface area contributed by atoms with E-state index in [1.165, 1.54) is 5.71 Å². The van der Waals surface area contributed by atoms with Gasteiger partial charge in [-0.25, -0.2) is 4.79 Å². The number of halogens is 1. The fourth-order valence-electron chi connectivity index (χ4n) is 4.85. The van der Waals surface area contributed by atoms with E-state index >= 15 is 0 Å². The summed E-state index contributed by atoms with van der Waals surface area (Å²) in [6, 6.07) is 20.0. The Morgan fingerprint density at radius 3 is 2.46 bits per heavy atom. The lowest BCUT2D eigenvalue weighted by Crippen LogP contribution is -2.32. The number of thiol groups is 1. The van der Waals surface area contributed by atoms with Gasteiger partial charge in [0.2, 0.25) is 11.1 Å². The third-order valence-electron chi connectivity index (χ3n) is 6.75. The van der Waals surface area contributed by atoms with Crippen molar-refractivity contribution < 1.29 is 18.9 Å². The van der Waals surface area contributed by atoms with Crippen LogP contribution in [0.25, 0.3) is 0 Å². The van der Waals surface area contributed by atoms with E-state index in [4.69, 9.17) is 29.0 Å². The quantitative estimate of drug-likeness (QED) is 0.160. The van der Waals surface area contributed by atoms with Crippen LogP contribution in [0.2, 0.25) is 5.02 Å². The minimum Gasteiger partial charge on any atom is -0.444 e. The predicted molar refractivity (Wildman–Crippen MR) is 170 cm³/mol. The average Bonchev–Trinajstić information content (AvgIpc) is 3.23. The summed E-state index contributed by atoms with van der Waals surface area (Å²) in [5.41, 5.74) is 5.75. The number of anilines is 2. The van der Waals surface area contributed by atoms with Crippen LogP contribution in [-0.2, 0) is 16.1 Å². The number of nitrogens with one attached hydrogen (secondary N) is 3. The molecule has 216 valence electrons. The van der Waals surface area contributed by atoms with E-state index in [0.29, 0.717) is 22.0 Å². The van der Waals surface area contributed by atoms with Gasteiger partial charge < -0.3 is 20.7 Å². The van der Waals surface area contributed by atoms with Crippen LogP contribution in [0.5, 0.6) is 0 Å². The van der Waals surface area contributed by atoms with Gasteiger partial charge in [0.05, 0.1) is 0 Å². The van der Waals surface area contributed by atoms with Crippen molar-refractivity contribution in [3.63, 3.8) is 0 Å². The van der Waals surface area contributed by atoms with E-state index < -0.39 is 17.7 Å². The third kappa shape index (κ3) is 8.05. The first-order chi connectivity index (χ1) is 19.4. The smallest absolute Gasteiger partial charge is 0.407 e. The maximum absolute atomic E-state index is 13.7. The highest BCUT2D eigenvalue weighted by atomic mass is 35.5. The maximum atomic E-state index is 13.7. The molecule has 3 aromatic rings. The van der Waals surface area contributed by atoms with E-state index in [0.717, 1.165) is 29.7 Å². The molecule has 3 aromatic carbocycles. The van der Waals surface area contributed by atoms with Gasteiger partial charge in [0, 0.05) is 59.9 Å². The molecule has 0 spiro atoms. The minimum atomic E-state index is -0.770. The van der Waals surface area contributed by atoms with Crippen LogP contribution in [0.15, 0.2) is 66.7 Å². The molecule has 0 saturated carbocycles. The summed E-state index contributed by atoms with van der Waals surface area (Å²) in [6.45, 7) is 9.90. The molecule has 0 aromatic heterocycles. The second-order valence-electron chi connectivity index (χ2n) is 11.3. The van der Waals surface area contributed by atoms with Crippen molar-refractivity contribution in [1.29, 1.82) is 0 Å². The van der Waals surface area contributed by atoms with Crippen molar-refractivity contribution in [2.75, 3.05) is 10.6 Å². The standard InChI is InChI=1S/C32H37ClN4O3S/c1-20-17-24(14-15-27(20)37-21(2)13-16-28(37)41)36-30(38)29(25-11-6-7-12-26(25)33)35-23-10-8-9-22(18-23)19-34-31(39)40-32(3,4)5/h6-12,14-15,17-18,28-29,35H,13,16,19H2,1-5H3,(H2-,34,36,38,39,41)/p+1/t28-,29+/m1/s1. The average molecular weight is 594 g/mol. The Morgan fingerprint density at radius 1 is 1.05 bits per heavy atom. The van der Waals surface area contributed by atoms with Crippen LogP contribution >= 0.6 is 24.2 Å². The van der Waals surface area contributed by atoms with Crippen molar-refractivity contribution in [1.82, 2.24) is 5.32 Å². The molecule has 1 aliphatic heterocycles. The summed E-state index contributed by atoms with van der Waals surface area (Å²) in [5.74, 6) is -0.251. The Bertz CT molecular complexity index is 1470. The number of hydrogen-bond donors (Lipinski definition) is 4. The molecule has 0 unspecified atom stereocenters. The number of carbonyl (C=O) groups is 2. The number of benzene rings is 3. The summed E-state index contributed by atoms with van der Waals surface area (Å²) < 4.78 is 7.58. The van der Waals surface area contributed by atoms with Gasteiger partial charge in [-0.3, -0.25) is 4.79 Å². The maximum Gasteiger partial charge on any atom is 0.407 e. The zero-order valence-electron chi connectivity index (χ0n) is 24.1. The van der Waals surface area contributed by atoms with E-state index in [1.807, 2.05) is 88.4 Å². The van der Waals surface area contributed by atoms with Gasteiger partial charge in [0.25, 0.3) is 5.91 Å². The van der Waals surface area contributed by atoms with Crippen LogP contribution in [0.4, 0.5) is 21.9 Å². The van der Waals surface area contributed by atoms with Crippen LogP contribution < -0.4 is 16.0 Å². The molecule has 4 rings (SSSR count). The van der Waals surface area contributed by atoms with Crippen LogP contribution in [0.3, 0.4) is 0 Å². The highest BCUT2D eigenvalue weighted by Crippen LogP contribution is 2.32. The molecular weight excluding hydrogens is 556 g/mol. The van der Waals surface area contributed by atoms with E-state index in [9.17, 15) is 9.59 Å². The molecule has 0 fully saturated rings. The Labute approximate surface area is 252 Å². The SMILES string of the molecule is CC1=[N+](c2ccc(NC(=O)[C@@H](Nc3cccc(CNC(=O)OC(C)(C)C)c3)c3ccccc3Cl)cc2C)[C@H](S)CC1. The summed E-state index contributed by atoms with van der Waals surface area (Å²) in [7, 11) is 0. The molecular formula is C32H38ClN4O3S+. The number of ether oxygens (including phenoxy) is 1. The van der Waals surface area contributed by atoms with Crippen molar-refractivity contribution >= 4 is 59.0 Å². The lowest BCUT2D eigenvalue weighted by atomic mass is 10.0. The normalized spacial score (nSPS) is 15.8. The second kappa shape index (κ2) is 13.0. The molecule has 7 nitrogen and oxygen atoms in total. The number of amides is 2. The van der Waals surface area contributed by atoms with Crippen molar-refractivity contribution in [2.24, 2.45) is 0 Å². The summed E-state index contributed by atoms with van der Waals surface area (Å²) in [5, 5.41) is 9.81. The molecule has 2 amide bonds. The number of carbonyl (C=O) groups excluding carboxylic acids is 2. The van der Waals surface area contributed by atoms with Gasteiger partial charge in [-0.2, -0.15) is 4.58 Å². The molecule has 0 radical (unpaired) electrons. The van der Waals surface area contributed by atoms with Crippen molar-refractivity contribution in [3.05, 3.63) is 88.4 Å². The lowest BCUT2D eigenvalue weighted by Gasteiger charge is -2.22. The number of rotatable bonds is 8. The first-order valence-electron chi connectivity index (χ1n) is 13.7. The Balaban J connectivity index is 1.53. The molecule has 41 heavy (non-hydrogen) atoms. The zero-order chi connectivity index (χ0) is 29.7. The van der Waals surface area contributed by atoms with Crippen molar-refractivity contribution in [3.8, 4) is 0 Å². The van der Waals surface area contributed by atoms with E-state index in [1.54, 1.807) is 6.07 Å². The monoisotopic (exact) mass is 593 g/mol. The fourth-order valence-corrected chi connectivity index (χ4v) is 5.54. The first-order valence-corrected chi connectivity index (χ1v) is 14.6. The summed E-state index contributed by atoms with van der Waals surface area (Å²) in [6.07, 6.45) is 1.54. The topological polar surface area (TPSA) is 82.5 Å². The molecule has 0 bridgehead atoms. The molecule has 3 N–H and O–H groups in total. The van der Waals surface area contributed by atoms with Gasteiger partial charge >= 0.3 is 6.09 Å². The number of alkyl carbamates (subject to hydrolysis) is 1. The first kappa shape index (κ1) is 30.5. The molecule has 1 heterocycles. The largest absolute Gasteiger partial charge is 0.444 e. The van der Waals surface area contributed by atoms with Gasteiger partial charge in [-0.1, -0.05) is 41.9 Å². The summed E-state index contributed by atoms with van der Waals surface area (Å²) in [4.78, 5) is 25.8. The van der Waals surface area contributed by atoms with Crippen molar-refractivity contribution in [2.45, 2.75) is 71.0 Å². The van der Waals surface area contributed by atoms with Gasteiger partial charge in [-0.15, -0.1) is 12.6 Å².